The number of hydrogen-bond donors (Lipinski definition) is 2. The van der Waals surface area contributed by atoms with Gasteiger partial charge < -0.3 is 15.4 Å². The Morgan fingerprint density at radius 2 is 1.63 bits per heavy atom. The van der Waals surface area contributed by atoms with Gasteiger partial charge in [-0.05, 0) is 35.0 Å². The van der Waals surface area contributed by atoms with Crippen LogP contribution in [-0.4, -0.2) is 31.5 Å². The summed E-state index contributed by atoms with van der Waals surface area (Å²) in [4.78, 5) is 23.6. The van der Waals surface area contributed by atoms with Crippen molar-refractivity contribution in [2.45, 2.75) is 0 Å². The average Bonchev–Trinajstić information content (AvgIpc) is 2.69. The smallest absolute Gasteiger partial charge is 0.254 e. The number of rotatable bonds is 7. The number of carbonyl (C=O) groups excluding carboxylic acids is 2. The third kappa shape index (κ3) is 5.04. The summed E-state index contributed by atoms with van der Waals surface area (Å²) in [5, 5.41) is 7.23. The number of carbonyl (C=O) groups is 2. The Balaban J connectivity index is 1.39. The second kappa shape index (κ2) is 8.80. The van der Waals surface area contributed by atoms with Crippen LogP contribution < -0.4 is 15.4 Å². The Morgan fingerprint density at radius 3 is 2.44 bits per heavy atom. The summed E-state index contributed by atoms with van der Waals surface area (Å²) >= 11 is 0. The van der Waals surface area contributed by atoms with Crippen LogP contribution in [0.2, 0.25) is 0 Å². The Hall–Kier alpha value is -3.41. The molecule has 27 heavy (non-hydrogen) atoms. The molecule has 0 aliphatic carbocycles. The fourth-order valence-corrected chi connectivity index (χ4v) is 2.58. The second-order valence-corrected chi connectivity index (χ2v) is 5.87. The first kappa shape index (κ1) is 18.4. The standard InChI is InChI=1S/C21H19FN2O3/c22-19-8-4-3-7-18(19)21(26)24-14-20(25)23-11-12-27-17-10-9-15-5-1-2-6-16(15)13-17/h1-10,13H,11-12,14H2,(H,23,25)(H,24,26). The zero-order chi connectivity index (χ0) is 19.1. The van der Waals surface area contributed by atoms with E-state index in [2.05, 4.69) is 10.6 Å². The van der Waals surface area contributed by atoms with Crippen LogP contribution in [0.3, 0.4) is 0 Å². The zero-order valence-corrected chi connectivity index (χ0v) is 14.6. The number of nitrogens with one attached hydrogen (secondary N) is 2. The van der Waals surface area contributed by atoms with Crippen molar-refractivity contribution in [2.75, 3.05) is 19.7 Å². The van der Waals surface area contributed by atoms with Crippen LogP contribution in [0.4, 0.5) is 4.39 Å². The summed E-state index contributed by atoms with van der Waals surface area (Å²) in [5.41, 5.74) is -0.0927. The molecule has 0 unspecified atom stereocenters. The molecule has 2 N–H and O–H groups in total. The molecule has 5 nitrogen and oxygen atoms in total. The molecule has 0 aromatic heterocycles. The van der Waals surface area contributed by atoms with Gasteiger partial charge in [-0.2, -0.15) is 0 Å². The quantitative estimate of drug-likeness (QED) is 0.632. The summed E-state index contributed by atoms with van der Waals surface area (Å²) in [6, 6.07) is 19.4. The van der Waals surface area contributed by atoms with E-state index in [0.29, 0.717) is 13.2 Å². The summed E-state index contributed by atoms with van der Waals surface area (Å²) in [5.74, 6) is -0.910. The summed E-state index contributed by atoms with van der Waals surface area (Å²) < 4.78 is 19.1. The van der Waals surface area contributed by atoms with Gasteiger partial charge >= 0.3 is 0 Å². The van der Waals surface area contributed by atoms with Gasteiger partial charge in [0.2, 0.25) is 5.91 Å². The number of ether oxygens (including phenoxy) is 1. The molecule has 0 saturated heterocycles. The SMILES string of the molecule is O=C(CNC(=O)c1ccccc1F)NCCOc1ccc2ccccc2c1. The van der Waals surface area contributed by atoms with E-state index in [9.17, 15) is 14.0 Å². The van der Waals surface area contributed by atoms with Crippen molar-refractivity contribution in [1.29, 1.82) is 0 Å². The molecule has 0 aliphatic rings. The van der Waals surface area contributed by atoms with Crippen molar-refractivity contribution in [3.8, 4) is 5.75 Å². The maximum Gasteiger partial charge on any atom is 0.254 e. The van der Waals surface area contributed by atoms with E-state index in [4.69, 9.17) is 4.74 Å². The number of amides is 2. The van der Waals surface area contributed by atoms with E-state index in [-0.39, 0.29) is 18.0 Å². The Morgan fingerprint density at radius 1 is 0.889 bits per heavy atom. The molecule has 3 rings (SSSR count). The van der Waals surface area contributed by atoms with Gasteiger partial charge in [-0.3, -0.25) is 9.59 Å². The number of fused-ring (bicyclic) bond motifs is 1. The van der Waals surface area contributed by atoms with Gasteiger partial charge in [0.1, 0.15) is 18.2 Å². The van der Waals surface area contributed by atoms with E-state index < -0.39 is 11.7 Å². The van der Waals surface area contributed by atoms with E-state index in [1.165, 1.54) is 18.2 Å². The lowest BCUT2D eigenvalue weighted by Gasteiger charge is -2.09. The van der Waals surface area contributed by atoms with Crippen LogP contribution in [0, 0.1) is 5.82 Å². The predicted octanol–water partition coefficient (Wildman–Crippen LogP) is 2.90. The molecular weight excluding hydrogens is 347 g/mol. The highest BCUT2D eigenvalue weighted by molar-refractivity contribution is 5.96. The predicted molar refractivity (Wildman–Crippen MR) is 101 cm³/mol. The molecular formula is C21H19FN2O3. The van der Waals surface area contributed by atoms with Crippen LogP contribution in [0.1, 0.15) is 10.4 Å². The Bertz CT molecular complexity index is 959. The molecule has 6 heteroatoms. The average molecular weight is 366 g/mol. The van der Waals surface area contributed by atoms with Crippen LogP contribution in [0.25, 0.3) is 10.8 Å². The molecule has 0 radical (unpaired) electrons. The van der Waals surface area contributed by atoms with Crippen molar-refractivity contribution in [3.63, 3.8) is 0 Å². The largest absolute Gasteiger partial charge is 0.492 e. The van der Waals surface area contributed by atoms with Gasteiger partial charge in [-0.15, -0.1) is 0 Å². The first-order valence-corrected chi connectivity index (χ1v) is 8.54. The van der Waals surface area contributed by atoms with E-state index in [1.54, 1.807) is 6.07 Å². The minimum Gasteiger partial charge on any atom is -0.492 e. The molecule has 3 aromatic rings. The highest BCUT2D eigenvalue weighted by atomic mass is 19.1. The van der Waals surface area contributed by atoms with Crippen molar-refractivity contribution >= 4 is 22.6 Å². The third-order valence-corrected chi connectivity index (χ3v) is 3.94. The highest BCUT2D eigenvalue weighted by Gasteiger charge is 2.11. The Kier molecular flexibility index (Phi) is 5.99. The first-order valence-electron chi connectivity index (χ1n) is 8.54. The molecule has 0 aliphatic heterocycles. The third-order valence-electron chi connectivity index (χ3n) is 3.94. The van der Waals surface area contributed by atoms with Crippen molar-refractivity contribution < 1.29 is 18.7 Å². The molecule has 0 heterocycles. The van der Waals surface area contributed by atoms with Gasteiger partial charge in [-0.1, -0.05) is 42.5 Å². The topological polar surface area (TPSA) is 67.4 Å². The minimum absolute atomic E-state index is 0.0927. The molecule has 0 fully saturated rings. The zero-order valence-electron chi connectivity index (χ0n) is 14.6. The lowest BCUT2D eigenvalue weighted by atomic mass is 10.1. The molecule has 3 aromatic carbocycles. The number of benzene rings is 3. The summed E-state index contributed by atoms with van der Waals surface area (Å²) in [6.45, 7) is 0.357. The van der Waals surface area contributed by atoms with Gasteiger partial charge in [0.05, 0.1) is 18.7 Å². The van der Waals surface area contributed by atoms with Gasteiger partial charge in [0, 0.05) is 0 Å². The van der Waals surface area contributed by atoms with Gasteiger partial charge in [0.25, 0.3) is 5.91 Å². The van der Waals surface area contributed by atoms with Crippen molar-refractivity contribution in [1.82, 2.24) is 10.6 Å². The number of halogens is 1. The second-order valence-electron chi connectivity index (χ2n) is 5.87. The van der Waals surface area contributed by atoms with E-state index >= 15 is 0 Å². The van der Waals surface area contributed by atoms with Crippen LogP contribution in [0.5, 0.6) is 5.75 Å². The molecule has 2 amide bonds. The number of hydrogen-bond acceptors (Lipinski definition) is 3. The highest BCUT2D eigenvalue weighted by Crippen LogP contribution is 2.20. The molecule has 0 spiro atoms. The van der Waals surface area contributed by atoms with Gasteiger partial charge in [0.15, 0.2) is 0 Å². The lowest BCUT2D eigenvalue weighted by molar-refractivity contribution is -0.120. The minimum atomic E-state index is -0.629. The van der Waals surface area contributed by atoms with Crippen LogP contribution in [0.15, 0.2) is 66.7 Å². The molecule has 0 atom stereocenters. The molecule has 0 saturated carbocycles. The maximum absolute atomic E-state index is 13.5. The fraction of sp³-hybridized carbons (Fsp3) is 0.143. The van der Waals surface area contributed by atoms with E-state index in [1.807, 2.05) is 42.5 Å². The normalized spacial score (nSPS) is 10.4. The maximum atomic E-state index is 13.5. The fourth-order valence-electron chi connectivity index (χ4n) is 2.58. The van der Waals surface area contributed by atoms with Gasteiger partial charge in [-0.25, -0.2) is 4.39 Å². The lowest BCUT2D eigenvalue weighted by Crippen LogP contribution is -2.38. The molecule has 0 bridgehead atoms. The van der Waals surface area contributed by atoms with Crippen LogP contribution >= 0.6 is 0 Å². The van der Waals surface area contributed by atoms with Crippen molar-refractivity contribution in [3.05, 3.63) is 78.1 Å². The summed E-state index contributed by atoms with van der Waals surface area (Å²) in [6.07, 6.45) is 0. The summed E-state index contributed by atoms with van der Waals surface area (Å²) in [7, 11) is 0. The first-order chi connectivity index (χ1) is 13.1. The Labute approximate surface area is 156 Å². The van der Waals surface area contributed by atoms with Crippen LogP contribution in [-0.2, 0) is 4.79 Å². The van der Waals surface area contributed by atoms with E-state index in [0.717, 1.165) is 16.5 Å². The molecule has 138 valence electrons. The monoisotopic (exact) mass is 366 g/mol. The van der Waals surface area contributed by atoms with Crippen molar-refractivity contribution in [2.24, 2.45) is 0 Å².